The summed E-state index contributed by atoms with van der Waals surface area (Å²) in [5.41, 5.74) is 0.624. The maximum atomic E-state index is 12.1. The van der Waals surface area contributed by atoms with Crippen LogP contribution < -0.4 is 5.32 Å². The van der Waals surface area contributed by atoms with Crippen molar-refractivity contribution in [1.29, 1.82) is 0 Å². The highest BCUT2D eigenvalue weighted by Gasteiger charge is 2.25. The van der Waals surface area contributed by atoms with E-state index in [-0.39, 0.29) is 17.9 Å². The molecule has 1 saturated heterocycles. The van der Waals surface area contributed by atoms with Gasteiger partial charge >= 0.3 is 0 Å². The zero-order chi connectivity index (χ0) is 13.1. The quantitative estimate of drug-likeness (QED) is 0.905. The Bertz CT molecular complexity index is 476. The molecule has 1 heterocycles. The number of amides is 2. The molecule has 1 aromatic rings. The van der Waals surface area contributed by atoms with Crippen LogP contribution in [0.3, 0.4) is 0 Å². The highest BCUT2D eigenvalue weighted by molar-refractivity contribution is 9.10. The van der Waals surface area contributed by atoms with E-state index in [9.17, 15) is 9.59 Å². The van der Waals surface area contributed by atoms with Crippen molar-refractivity contribution in [3.8, 4) is 0 Å². The molecule has 1 aromatic carbocycles. The van der Waals surface area contributed by atoms with Crippen molar-refractivity contribution in [3.05, 3.63) is 34.3 Å². The molecular formula is C13H15BrN2O2. The van der Waals surface area contributed by atoms with E-state index in [4.69, 9.17) is 0 Å². The molecule has 1 aliphatic rings. The van der Waals surface area contributed by atoms with Crippen LogP contribution in [0.2, 0.25) is 0 Å². The Labute approximate surface area is 114 Å². The standard InChI is InChI=1S/C13H15BrN2O2/c1-9(17)16-7-6-10(8-16)15-13(18)11-4-2-3-5-12(11)14/h2-5,10H,6-8H2,1H3,(H,15,18). The van der Waals surface area contributed by atoms with Crippen molar-refractivity contribution in [2.24, 2.45) is 0 Å². The molecule has 0 radical (unpaired) electrons. The van der Waals surface area contributed by atoms with E-state index < -0.39 is 0 Å². The number of halogens is 1. The zero-order valence-corrected chi connectivity index (χ0v) is 11.7. The summed E-state index contributed by atoms with van der Waals surface area (Å²) in [4.78, 5) is 25.0. The van der Waals surface area contributed by atoms with Crippen molar-refractivity contribution < 1.29 is 9.59 Å². The van der Waals surface area contributed by atoms with Crippen LogP contribution in [0.4, 0.5) is 0 Å². The average Bonchev–Trinajstić information content (AvgIpc) is 2.78. The predicted molar refractivity (Wildman–Crippen MR) is 72.3 cm³/mol. The van der Waals surface area contributed by atoms with Gasteiger partial charge in [0.25, 0.3) is 5.91 Å². The van der Waals surface area contributed by atoms with E-state index in [0.29, 0.717) is 12.1 Å². The summed E-state index contributed by atoms with van der Waals surface area (Å²) < 4.78 is 0.781. The molecule has 1 fully saturated rings. The van der Waals surface area contributed by atoms with Crippen LogP contribution in [-0.4, -0.2) is 35.8 Å². The average molecular weight is 311 g/mol. The highest BCUT2D eigenvalue weighted by atomic mass is 79.9. The summed E-state index contributed by atoms with van der Waals surface area (Å²) in [7, 11) is 0. The molecule has 0 spiro atoms. The molecule has 5 heteroatoms. The molecule has 0 aliphatic carbocycles. The van der Waals surface area contributed by atoms with Gasteiger partial charge in [-0.3, -0.25) is 9.59 Å². The van der Waals surface area contributed by atoms with Gasteiger partial charge in [-0.15, -0.1) is 0 Å². The van der Waals surface area contributed by atoms with Crippen molar-refractivity contribution in [1.82, 2.24) is 10.2 Å². The number of hydrogen-bond donors (Lipinski definition) is 1. The fourth-order valence-electron chi connectivity index (χ4n) is 2.07. The number of likely N-dealkylation sites (tertiary alicyclic amines) is 1. The van der Waals surface area contributed by atoms with Crippen molar-refractivity contribution in [2.45, 2.75) is 19.4 Å². The second kappa shape index (κ2) is 5.52. The topological polar surface area (TPSA) is 49.4 Å². The number of nitrogens with one attached hydrogen (secondary N) is 1. The van der Waals surface area contributed by atoms with Crippen molar-refractivity contribution >= 4 is 27.7 Å². The molecule has 4 nitrogen and oxygen atoms in total. The van der Waals surface area contributed by atoms with Gasteiger partial charge in [0.1, 0.15) is 0 Å². The Balaban J connectivity index is 1.97. The molecule has 1 unspecified atom stereocenters. The van der Waals surface area contributed by atoms with Crippen molar-refractivity contribution in [3.63, 3.8) is 0 Å². The molecule has 0 aromatic heterocycles. The van der Waals surface area contributed by atoms with Crippen LogP contribution >= 0.6 is 15.9 Å². The van der Waals surface area contributed by atoms with E-state index >= 15 is 0 Å². The van der Waals surface area contributed by atoms with Crippen LogP contribution in [0, 0.1) is 0 Å². The fraction of sp³-hybridized carbons (Fsp3) is 0.385. The third kappa shape index (κ3) is 2.90. The van der Waals surface area contributed by atoms with Gasteiger partial charge < -0.3 is 10.2 Å². The molecule has 2 rings (SSSR count). The number of carbonyl (C=O) groups excluding carboxylic acids is 2. The lowest BCUT2D eigenvalue weighted by atomic mass is 10.2. The lowest BCUT2D eigenvalue weighted by Crippen LogP contribution is -2.38. The van der Waals surface area contributed by atoms with Crippen LogP contribution in [0.1, 0.15) is 23.7 Å². The number of carbonyl (C=O) groups is 2. The predicted octanol–water partition coefficient (Wildman–Crippen LogP) is 1.80. The smallest absolute Gasteiger partial charge is 0.252 e. The Hall–Kier alpha value is -1.36. The SMILES string of the molecule is CC(=O)N1CCC(NC(=O)c2ccccc2Br)C1. The lowest BCUT2D eigenvalue weighted by molar-refractivity contribution is -0.127. The maximum absolute atomic E-state index is 12.1. The van der Waals surface area contributed by atoms with Crippen LogP contribution in [-0.2, 0) is 4.79 Å². The third-order valence-electron chi connectivity index (χ3n) is 3.09. The minimum atomic E-state index is -0.0992. The Morgan fingerprint density at radius 3 is 2.72 bits per heavy atom. The van der Waals surface area contributed by atoms with Crippen molar-refractivity contribution in [2.75, 3.05) is 13.1 Å². The van der Waals surface area contributed by atoms with E-state index in [2.05, 4.69) is 21.2 Å². The first-order valence-electron chi connectivity index (χ1n) is 5.89. The zero-order valence-electron chi connectivity index (χ0n) is 10.1. The Morgan fingerprint density at radius 2 is 2.11 bits per heavy atom. The maximum Gasteiger partial charge on any atom is 0.252 e. The van der Waals surface area contributed by atoms with Gasteiger partial charge in [0.15, 0.2) is 0 Å². The van der Waals surface area contributed by atoms with Gasteiger partial charge in [0.05, 0.1) is 5.56 Å². The van der Waals surface area contributed by atoms with E-state index in [1.807, 2.05) is 18.2 Å². The number of benzene rings is 1. The molecule has 0 saturated carbocycles. The molecule has 1 atom stereocenters. The second-order valence-corrected chi connectivity index (χ2v) is 5.26. The van der Waals surface area contributed by atoms with Crippen LogP contribution in [0.25, 0.3) is 0 Å². The molecular weight excluding hydrogens is 296 g/mol. The Kier molecular flexibility index (Phi) is 4.01. The first-order valence-corrected chi connectivity index (χ1v) is 6.68. The van der Waals surface area contributed by atoms with E-state index in [1.54, 1.807) is 17.9 Å². The summed E-state index contributed by atoms with van der Waals surface area (Å²) in [5.74, 6) is -0.0366. The summed E-state index contributed by atoms with van der Waals surface area (Å²) in [5, 5.41) is 2.96. The van der Waals surface area contributed by atoms with Crippen LogP contribution in [0.15, 0.2) is 28.7 Å². The van der Waals surface area contributed by atoms with Crippen LogP contribution in [0.5, 0.6) is 0 Å². The normalized spacial score (nSPS) is 18.8. The number of rotatable bonds is 2. The summed E-state index contributed by atoms with van der Waals surface area (Å²) in [6, 6.07) is 7.36. The second-order valence-electron chi connectivity index (χ2n) is 4.40. The largest absolute Gasteiger partial charge is 0.347 e. The molecule has 1 aliphatic heterocycles. The van der Waals surface area contributed by atoms with Gasteiger partial charge in [-0.25, -0.2) is 0 Å². The fourth-order valence-corrected chi connectivity index (χ4v) is 2.54. The van der Waals surface area contributed by atoms with Gasteiger partial charge in [-0.2, -0.15) is 0 Å². The van der Waals surface area contributed by atoms with Gasteiger partial charge in [0, 0.05) is 30.5 Å². The minimum absolute atomic E-state index is 0.0495. The highest BCUT2D eigenvalue weighted by Crippen LogP contribution is 2.17. The molecule has 2 amide bonds. The number of nitrogens with zero attached hydrogens (tertiary/aromatic N) is 1. The van der Waals surface area contributed by atoms with Gasteiger partial charge in [-0.05, 0) is 34.5 Å². The minimum Gasteiger partial charge on any atom is -0.347 e. The first kappa shape index (κ1) is 13.1. The van der Waals surface area contributed by atoms with Gasteiger partial charge in [0.2, 0.25) is 5.91 Å². The van der Waals surface area contributed by atoms with E-state index in [1.165, 1.54) is 0 Å². The molecule has 96 valence electrons. The monoisotopic (exact) mass is 310 g/mol. The molecule has 1 N–H and O–H groups in total. The summed E-state index contributed by atoms with van der Waals surface area (Å²) >= 11 is 3.36. The number of hydrogen-bond acceptors (Lipinski definition) is 2. The summed E-state index contributed by atoms with van der Waals surface area (Å²) in [6.45, 7) is 2.87. The van der Waals surface area contributed by atoms with E-state index in [0.717, 1.165) is 17.4 Å². The molecule has 18 heavy (non-hydrogen) atoms. The lowest BCUT2D eigenvalue weighted by Gasteiger charge is -2.15. The Morgan fingerprint density at radius 1 is 1.39 bits per heavy atom. The van der Waals surface area contributed by atoms with Gasteiger partial charge in [-0.1, -0.05) is 12.1 Å². The molecule has 0 bridgehead atoms. The third-order valence-corrected chi connectivity index (χ3v) is 3.78. The summed E-state index contributed by atoms with van der Waals surface area (Å²) in [6.07, 6.45) is 0.815. The first-order chi connectivity index (χ1) is 8.58.